The van der Waals surface area contributed by atoms with E-state index in [-0.39, 0.29) is 4.90 Å². The molecule has 1 aromatic heterocycles. The van der Waals surface area contributed by atoms with E-state index in [1.807, 2.05) is 6.92 Å². The van der Waals surface area contributed by atoms with Crippen LogP contribution in [-0.2, 0) is 14.8 Å². The van der Waals surface area contributed by atoms with Gasteiger partial charge in [0.05, 0.1) is 4.90 Å². The zero-order valence-electron chi connectivity index (χ0n) is 11.6. The molecule has 0 spiro atoms. The van der Waals surface area contributed by atoms with Crippen LogP contribution >= 0.6 is 11.3 Å². The van der Waals surface area contributed by atoms with Crippen molar-refractivity contribution in [1.29, 1.82) is 0 Å². The molecular weight excluding hydrogens is 286 g/mol. The molecule has 2 N–H and O–H groups in total. The summed E-state index contributed by atoms with van der Waals surface area (Å²) < 4.78 is 26.8. The number of sulfonamides is 1. The van der Waals surface area contributed by atoms with Crippen molar-refractivity contribution >= 4 is 27.3 Å². The lowest BCUT2D eigenvalue weighted by Crippen LogP contribution is -2.48. The van der Waals surface area contributed by atoms with Crippen LogP contribution in [0.4, 0.5) is 0 Å². The Morgan fingerprint density at radius 1 is 1.37 bits per heavy atom. The molecule has 1 rings (SSSR count). The predicted molar refractivity (Wildman–Crippen MR) is 75.0 cm³/mol. The summed E-state index contributed by atoms with van der Waals surface area (Å²) in [5.41, 5.74) is -0.710. The van der Waals surface area contributed by atoms with Crippen LogP contribution in [0.2, 0.25) is 0 Å². The molecule has 19 heavy (non-hydrogen) atoms. The van der Waals surface area contributed by atoms with Gasteiger partial charge in [0.25, 0.3) is 0 Å². The first-order valence-corrected chi connectivity index (χ1v) is 8.07. The number of hydrogen-bond donors (Lipinski definition) is 2. The van der Waals surface area contributed by atoms with Gasteiger partial charge in [-0.15, -0.1) is 11.3 Å². The summed E-state index contributed by atoms with van der Waals surface area (Å²) in [6.07, 6.45) is 0. The number of rotatable bonds is 4. The fraction of sp³-hybridized carbons (Fsp3) is 0.583. The lowest BCUT2D eigenvalue weighted by molar-refractivity contribution is -0.141. The molecule has 1 aromatic rings. The molecule has 0 aromatic carbocycles. The highest BCUT2D eigenvalue weighted by molar-refractivity contribution is 7.89. The minimum absolute atomic E-state index is 0.158. The molecule has 5 nitrogen and oxygen atoms in total. The Labute approximate surface area is 117 Å². The van der Waals surface area contributed by atoms with E-state index in [9.17, 15) is 13.2 Å². The predicted octanol–water partition coefficient (Wildman–Crippen LogP) is 2.14. The van der Waals surface area contributed by atoms with Crippen LogP contribution in [0, 0.1) is 19.3 Å². The largest absolute Gasteiger partial charge is 0.480 e. The Bertz CT molecular complexity index is 581. The number of aryl methyl sites for hydroxylation is 2. The van der Waals surface area contributed by atoms with E-state index < -0.39 is 27.4 Å². The van der Waals surface area contributed by atoms with Gasteiger partial charge in [-0.05, 0) is 25.3 Å². The van der Waals surface area contributed by atoms with Crippen molar-refractivity contribution in [2.75, 3.05) is 0 Å². The quantitative estimate of drug-likeness (QED) is 0.892. The maximum absolute atomic E-state index is 12.3. The molecule has 0 saturated carbocycles. The van der Waals surface area contributed by atoms with Crippen LogP contribution in [0.3, 0.4) is 0 Å². The van der Waals surface area contributed by atoms with E-state index in [1.165, 1.54) is 11.3 Å². The molecule has 7 heteroatoms. The highest BCUT2D eigenvalue weighted by Crippen LogP contribution is 2.27. The second-order valence-corrected chi connectivity index (χ2v) is 8.68. The summed E-state index contributed by atoms with van der Waals surface area (Å²) in [6, 6.07) is 0.390. The number of nitrogens with one attached hydrogen (secondary N) is 1. The molecule has 1 unspecified atom stereocenters. The van der Waals surface area contributed by atoms with Crippen LogP contribution < -0.4 is 4.72 Å². The number of carbonyl (C=O) groups is 1. The lowest BCUT2D eigenvalue weighted by Gasteiger charge is -2.27. The number of carboxylic acids is 1. The van der Waals surface area contributed by atoms with Crippen LogP contribution in [0.5, 0.6) is 0 Å². The second-order valence-electron chi connectivity index (χ2n) is 5.54. The Hall–Kier alpha value is -0.920. The number of aliphatic carboxylic acids is 1. The SMILES string of the molecule is Cc1cc(S(=O)(=O)NC(C(=O)O)C(C)(C)C)c(C)s1. The van der Waals surface area contributed by atoms with Gasteiger partial charge >= 0.3 is 5.97 Å². The minimum atomic E-state index is -3.82. The Morgan fingerprint density at radius 2 is 1.89 bits per heavy atom. The molecule has 0 saturated heterocycles. The third-order valence-corrected chi connectivity index (χ3v) is 5.32. The average Bonchev–Trinajstić information content (AvgIpc) is 2.53. The highest BCUT2D eigenvalue weighted by Gasteiger charge is 2.35. The first-order valence-electron chi connectivity index (χ1n) is 5.77. The second kappa shape index (κ2) is 5.22. The molecule has 0 bridgehead atoms. The molecule has 1 atom stereocenters. The molecule has 0 aliphatic carbocycles. The van der Waals surface area contributed by atoms with Gasteiger partial charge in [0.2, 0.25) is 10.0 Å². The zero-order chi connectivity index (χ0) is 15.0. The van der Waals surface area contributed by atoms with Crippen molar-refractivity contribution in [3.63, 3.8) is 0 Å². The minimum Gasteiger partial charge on any atom is -0.480 e. The molecule has 0 aliphatic heterocycles. The number of thiophene rings is 1. The maximum Gasteiger partial charge on any atom is 0.322 e. The Balaban J connectivity index is 3.15. The van der Waals surface area contributed by atoms with E-state index in [2.05, 4.69) is 4.72 Å². The first-order chi connectivity index (χ1) is 8.45. The van der Waals surface area contributed by atoms with Crippen molar-refractivity contribution < 1.29 is 18.3 Å². The van der Waals surface area contributed by atoms with Crippen molar-refractivity contribution in [1.82, 2.24) is 4.72 Å². The van der Waals surface area contributed by atoms with Crippen molar-refractivity contribution in [2.24, 2.45) is 5.41 Å². The summed E-state index contributed by atoms with van der Waals surface area (Å²) in [5.74, 6) is -1.18. The molecule has 1 heterocycles. The van der Waals surface area contributed by atoms with Crippen molar-refractivity contribution in [3.05, 3.63) is 15.8 Å². The molecule has 0 radical (unpaired) electrons. The van der Waals surface area contributed by atoms with Crippen LogP contribution in [0.25, 0.3) is 0 Å². The van der Waals surface area contributed by atoms with Gasteiger partial charge in [-0.25, -0.2) is 8.42 Å². The normalized spacial score (nSPS) is 14.4. The van der Waals surface area contributed by atoms with Gasteiger partial charge in [-0.3, -0.25) is 4.79 Å². The van der Waals surface area contributed by atoms with Crippen molar-refractivity contribution in [2.45, 2.75) is 45.6 Å². The lowest BCUT2D eigenvalue weighted by atomic mass is 9.88. The third-order valence-electron chi connectivity index (χ3n) is 2.67. The fourth-order valence-electron chi connectivity index (χ4n) is 1.69. The number of hydrogen-bond acceptors (Lipinski definition) is 4. The smallest absolute Gasteiger partial charge is 0.322 e. The summed E-state index contributed by atoms with van der Waals surface area (Å²) in [5, 5.41) is 9.17. The van der Waals surface area contributed by atoms with E-state index in [0.717, 1.165) is 4.88 Å². The molecule has 108 valence electrons. The molecule has 0 aliphatic rings. The number of carboxylic acid groups (broad SMARTS) is 1. The van der Waals surface area contributed by atoms with Gasteiger partial charge in [0.1, 0.15) is 6.04 Å². The maximum atomic E-state index is 12.3. The van der Waals surface area contributed by atoms with Crippen LogP contribution in [0.1, 0.15) is 30.5 Å². The monoisotopic (exact) mass is 305 g/mol. The average molecular weight is 305 g/mol. The topological polar surface area (TPSA) is 83.5 Å². The summed E-state index contributed by atoms with van der Waals surface area (Å²) in [6.45, 7) is 8.56. The van der Waals surface area contributed by atoms with Gasteiger partial charge in [0, 0.05) is 9.75 Å². The first kappa shape index (κ1) is 16.1. The molecular formula is C12H19NO4S2. The van der Waals surface area contributed by atoms with Gasteiger partial charge < -0.3 is 5.11 Å². The summed E-state index contributed by atoms with van der Waals surface area (Å²) in [4.78, 5) is 12.9. The Morgan fingerprint density at radius 3 is 2.21 bits per heavy atom. The van der Waals surface area contributed by atoms with Crippen LogP contribution in [0.15, 0.2) is 11.0 Å². The third kappa shape index (κ3) is 3.77. The van der Waals surface area contributed by atoms with Crippen molar-refractivity contribution in [3.8, 4) is 0 Å². The van der Waals surface area contributed by atoms with Gasteiger partial charge in [-0.1, -0.05) is 20.8 Å². The van der Waals surface area contributed by atoms with E-state index in [4.69, 9.17) is 5.11 Å². The van der Waals surface area contributed by atoms with E-state index >= 15 is 0 Å². The highest BCUT2D eigenvalue weighted by atomic mass is 32.2. The Kier molecular flexibility index (Phi) is 4.44. The molecule has 0 fully saturated rings. The van der Waals surface area contributed by atoms with Gasteiger partial charge in [0.15, 0.2) is 0 Å². The summed E-state index contributed by atoms with van der Waals surface area (Å²) in [7, 11) is -3.82. The van der Waals surface area contributed by atoms with Gasteiger partial charge in [-0.2, -0.15) is 4.72 Å². The van der Waals surface area contributed by atoms with E-state index in [0.29, 0.717) is 4.88 Å². The van der Waals surface area contributed by atoms with Crippen LogP contribution in [-0.4, -0.2) is 25.5 Å². The fourth-order valence-corrected chi connectivity index (χ4v) is 4.64. The summed E-state index contributed by atoms with van der Waals surface area (Å²) >= 11 is 1.37. The van der Waals surface area contributed by atoms with E-state index in [1.54, 1.807) is 33.8 Å². The molecule has 0 amide bonds. The zero-order valence-corrected chi connectivity index (χ0v) is 13.3. The standard InChI is InChI=1S/C12H19NO4S2/c1-7-6-9(8(2)18-7)19(16,17)13-10(11(14)15)12(3,4)5/h6,10,13H,1-5H3,(H,14,15).